The van der Waals surface area contributed by atoms with Gasteiger partial charge < -0.3 is 0 Å². The first kappa shape index (κ1) is 13.5. The van der Waals surface area contributed by atoms with E-state index in [0.717, 1.165) is 0 Å². The molecule has 2 unspecified atom stereocenters. The Morgan fingerprint density at radius 1 is 1.08 bits per heavy atom. The first-order valence-corrected chi connectivity index (χ1v) is 7.47. The zero-order chi connectivity index (χ0) is 10.9. The third-order valence-electron chi connectivity index (χ3n) is 2.87. The van der Waals surface area contributed by atoms with Crippen molar-refractivity contribution in [3.63, 3.8) is 0 Å². The second kappa shape index (κ2) is 4.36. The van der Waals surface area contributed by atoms with Crippen molar-refractivity contribution in [3.8, 4) is 0 Å². The number of hydrogen-bond acceptors (Lipinski definition) is 0. The maximum absolute atomic E-state index is 12.5. The van der Waals surface area contributed by atoms with Crippen molar-refractivity contribution in [2.24, 2.45) is 11.8 Å². The molecule has 82 valence electrons. The first-order valence-electron chi connectivity index (χ1n) is 4.23. The van der Waals surface area contributed by atoms with Gasteiger partial charge in [0.15, 0.2) is 0 Å². The van der Waals surface area contributed by atoms with E-state index in [1.807, 2.05) is 18.8 Å². The van der Waals surface area contributed by atoms with Gasteiger partial charge in [-0.15, -0.1) is 0 Å². The van der Waals surface area contributed by atoms with E-state index in [0.29, 0.717) is 0 Å². The number of rotatable bonds is 3. The van der Waals surface area contributed by atoms with Crippen LogP contribution in [0.3, 0.4) is 0 Å². The number of alkyl halides is 5. The van der Waals surface area contributed by atoms with Crippen molar-refractivity contribution in [3.05, 3.63) is 0 Å². The molecule has 0 aromatic heterocycles. The molecule has 0 amide bonds. The molecular weight excluding hydrogens is 292 g/mol. The number of halogens is 4. The summed E-state index contributed by atoms with van der Waals surface area (Å²) in [4.78, 5) is 1.93. The van der Waals surface area contributed by atoms with Crippen molar-refractivity contribution < 1.29 is 34.4 Å². The molecule has 4 heteroatoms. The predicted octanol–water partition coefficient (Wildman–Crippen LogP) is 0.318. The zero-order valence-electron chi connectivity index (χ0n) is 8.67. The molecule has 0 rings (SSSR count). The Morgan fingerprint density at radius 2 is 1.46 bits per heavy atom. The molecule has 0 spiro atoms. The fraction of sp³-hybridized carbons (Fsp3) is 1.00. The Labute approximate surface area is 88.5 Å². The predicted molar refractivity (Wildman–Crippen MR) is 44.4 cm³/mol. The van der Waals surface area contributed by atoms with Crippen molar-refractivity contribution >= 4 is 0 Å². The molecule has 0 N–H and O–H groups in total. The van der Waals surface area contributed by atoms with Crippen LogP contribution in [0.1, 0.15) is 27.7 Å². The van der Waals surface area contributed by atoms with Gasteiger partial charge in [0.2, 0.25) is 0 Å². The van der Waals surface area contributed by atoms with E-state index in [-0.39, 0.29) is 5.92 Å². The third kappa shape index (κ3) is 2.99. The second-order valence-electron chi connectivity index (χ2n) is 3.76. The van der Waals surface area contributed by atoms with Crippen LogP contribution in [0.5, 0.6) is 0 Å². The minimum atomic E-state index is -4.05. The fourth-order valence-electron chi connectivity index (χ4n) is 1.20. The van der Waals surface area contributed by atoms with Gasteiger partial charge in [-0.05, 0) is 0 Å². The van der Waals surface area contributed by atoms with Crippen LogP contribution in [-0.4, -0.2) is 14.5 Å². The molecule has 13 heavy (non-hydrogen) atoms. The Hall–Kier alpha value is 0.520. The van der Waals surface area contributed by atoms with Crippen LogP contribution in [0.2, 0.25) is 0 Å². The quantitative estimate of drug-likeness (QED) is 0.520. The van der Waals surface area contributed by atoms with Crippen LogP contribution in [0, 0.1) is 11.8 Å². The molecule has 0 aliphatic rings. The maximum atomic E-state index is 12.5. The van der Waals surface area contributed by atoms with Crippen LogP contribution in [0.15, 0.2) is 0 Å². The Balaban J connectivity index is 4.77. The minimum absolute atomic E-state index is 0.0990. The van der Waals surface area contributed by atoms with E-state index < -0.39 is 36.7 Å². The fourth-order valence-corrected chi connectivity index (χ4v) is 3.73. The molecule has 0 heterocycles. The summed E-state index contributed by atoms with van der Waals surface area (Å²) in [5, 5.41) is 0. The summed E-state index contributed by atoms with van der Waals surface area (Å²) >= 11 is -0.409. The summed E-state index contributed by atoms with van der Waals surface area (Å²) < 4.78 is 37.0. The van der Waals surface area contributed by atoms with Crippen LogP contribution < -0.4 is 21.2 Å². The second-order valence-corrected chi connectivity index (χ2v) is 7.16. The summed E-state index contributed by atoms with van der Waals surface area (Å²) in [6, 6.07) is 0. The van der Waals surface area contributed by atoms with Crippen LogP contribution in [0.25, 0.3) is 0 Å². The van der Waals surface area contributed by atoms with Crippen LogP contribution >= 0.6 is 0 Å². The van der Waals surface area contributed by atoms with Gasteiger partial charge in [0.05, 0.1) is 0 Å². The van der Waals surface area contributed by atoms with E-state index >= 15 is 0 Å². The van der Waals surface area contributed by atoms with E-state index in [9.17, 15) is 13.2 Å². The van der Waals surface area contributed by atoms with Gasteiger partial charge in [-0.25, -0.2) is 0 Å². The van der Waals surface area contributed by atoms with E-state index in [1.165, 1.54) is 6.92 Å². The van der Waals surface area contributed by atoms with Gasteiger partial charge in [-0.2, -0.15) is 0 Å². The SMILES string of the molecule is C[I-]C(C)(C(C)C)C(C)C(F)(F)F. The molecule has 0 aliphatic carbocycles. The van der Waals surface area contributed by atoms with Crippen LogP contribution in [0.4, 0.5) is 13.2 Å². The molecule has 0 nitrogen and oxygen atoms in total. The number of hydrogen-bond donors (Lipinski definition) is 0. The first-order chi connectivity index (χ1) is 5.66. The molecule has 0 bridgehead atoms. The van der Waals surface area contributed by atoms with E-state index in [1.54, 1.807) is 6.92 Å². The van der Waals surface area contributed by atoms with Gasteiger partial charge in [0.1, 0.15) is 0 Å². The van der Waals surface area contributed by atoms with Crippen molar-refractivity contribution in [2.45, 2.75) is 37.3 Å². The van der Waals surface area contributed by atoms with Gasteiger partial charge in [0, 0.05) is 0 Å². The molecule has 0 radical (unpaired) electrons. The van der Waals surface area contributed by atoms with Gasteiger partial charge in [-0.3, -0.25) is 0 Å². The molecular formula is C9H17F3I-. The van der Waals surface area contributed by atoms with Gasteiger partial charge in [-0.1, -0.05) is 0 Å². The van der Waals surface area contributed by atoms with Gasteiger partial charge >= 0.3 is 88.4 Å². The summed E-state index contributed by atoms with van der Waals surface area (Å²) in [6.07, 6.45) is -4.05. The summed E-state index contributed by atoms with van der Waals surface area (Å²) in [5.74, 6) is -1.08. The zero-order valence-corrected chi connectivity index (χ0v) is 10.8. The summed E-state index contributed by atoms with van der Waals surface area (Å²) in [6.45, 7) is 6.84. The van der Waals surface area contributed by atoms with E-state index in [4.69, 9.17) is 0 Å². The Bertz CT molecular complexity index is 165. The molecule has 0 saturated heterocycles. The van der Waals surface area contributed by atoms with Crippen molar-refractivity contribution in [1.82, 2.24) is 0 Å². The molecule has 0 saturated carbocycles. The van der Waals surface area contributed by atoms with Gasteiger partial charge in [0.25, 0.3) is 0 Å². The third-order valence-corrected chi connectivity index (χ3v) is 7.38. The molecule has 0 aliphatic heterocycles. The van der Waals surface area contributed by atoms with E-state index in [2.05, 4.69) is 0 Å². The van der Waals surface area contributed by atoms with Crippen molar-refractivity contribution in [1.29, 1.82) is 0 Å². The molecule has 0 fully saturated rings. The van der Waals surface area contributed by atoms with Crippen LogP contribution in [-0.2, 0) is 0 Å². The Kier molecular flexibility index (Phi) is 4.54. The molecule has 0 aromatic rings. The standard InChI is InChI=1S/C9H17F3I/c1-6(2)8(4,13-5)7(3)9(10,11)12/h6-7H,1-5H3/q-1. The average molecular weight is 309 g/mol. The average Bonchev–Trinajstić information content (AvgIpc) is 1.99. The van der Waals surface area contributed by atoms with Crippen molar-refractivity contribution in [2.75, 3.05) is 4.93 Å². The normalized spacial score (nSPS) is 20.4. The Morgan fingerprint density at radius 3 is 1.54 bits per heavy atom. The molecule has 2 atom stereocenters. The topological polar surface area (TPSA) is 0 Å². The summed E-state index contributed by atoms with van der Waals surface area (Å²) in [7, 11) is 0. The molecule has 0 aromatic carbocycles. The monoisotopic (exact) mass is 309 g/mol. The summed E-state index contributed by atoms with van der Waals surface area (Å²) in [5.41, 5.74) is 0.